The van der Waals surface area contributed by atoms with Crippen LogP contribution in [0.5, 0.6) is 5.88 Å². The van der Waals surface area contributed by atoms with Crippen molar-refractivity contribution in [1.82, 2.24) is 14.8 Å². The molecule has 2 aromatic heterocycles. The summed E-state index contributed by atoms with van der Waals surface area (Å²) >= 11 is 12.4. The molecule has 168 valence electrons. The number of carbonyl (C=O) groups excluding carboxylic acids is 2. The Labute approximate surface area is 194 Å². The third-order valence-electron chi connectivity index (χ3n) is 4.53. The maximum absolute atomic E-state index is 13.3. The van der Waals surface area contributed by atoms with E-state index >= 15 is 0 Å². The summed E-state index contributed by atoms with van der Waals surface area (Å²) < 4.78 is 18.7. The van der Waals surface area contributed by atoms with E-state index in [2.05, 4.69) is 15.4 Å². The third kappa shape index (κ3) is 4.92. The fourth-order valence-electron chi connectivity index (χ4n) is 3.01. The highest BCUT2D eigenvalue weighted by Crippen LogP contribution is 2.32. The number of nitrogens with zero attached hydrogens (tertiary/aromatic N) is 3. The Morgan fingerprint density at radius 2 is 1.94 bits per heavy atom. The topological polar surface area (TPSA) is 86.1 Å². The fourth-order valence-corrected chi connectivity index (χ4v) is 3.49. The van der Waals surface area contributed by atoms with Crippen molar-refractivity contribution in [3.8, 4) is 11.7 Å². The molecule has 0 atom stereocenters. The number of hydrogen-bond acceptors (Lipinski definition) is 5. The molecule has 0 aliphatic heterocycles. The van der Waals surface area contributed by atoms with Gasteiger partial charge in [0.05, 0.1) is 10.7 Å². The lowest BCUT2D eigenvalue weighted by molar-refractivity contribution is 0.0859. The number of aromatic nitrogens is 3. The summed E-state index contributed by atoms with van der Waals surface area (Å²) in [5.74, 6) is -0.785. The predicted octanol–water partition coefficient (Wildman–Crippen LogP) is 5.67. The molecule has 3 rings (SSSR count). The zero-order chi connectivity index (χ0) is 23.6. The van der Waals surface area contributed by atoms with Crippen molar-refractivity contribution in [3.05, 3.63) is 63.4 Å². The standard InChI is InChI=1S/C22H21Cl2FN4O3/c1-12-8-13(23)9-14(19(30)22(2,3)4)18(12)27-21(31)16-10-17(32-11-25)28-29(16)20-15(24)6-5-7-26-20/h5-10H,11H2,1-4H3,(H,27,31). The minimum atomic E-state index is -1.13. The summed E-state index contributed by atoms with van der Waals surface area (Å²) in [5, 5.41) is 7.44. The van der Waals surface area contributed by atoms with Gasteiger partial charge in [-0.1, -0.05) is 44.0 Å². The van der Waals surface area contributed by atoms with Gasteiger partial charge < -0.3 is 10.1 Å². The Hall–Kier alpha value is -2.97. The van der Waals surface area contributed by atoms with Crippen LogP contribution in [0.25, 0.3) is 5.82 Å². The molecule has 7 nitrogen and oxygen atoms in total. The summed E-state index contributed by atoms with van der Waals surface area (Å²) in [6.07, 6.45) is 1.48. The lowest BCUT2D eigenvalue weighted by Crippen LogP contribution is -2.24. The Morgan fingerprint density at radius 1 is 1.22 bits per heavy atom. The SMILES string of the molecule is Cc1cc(Cl)cc(C(=O)C(C)(C)C)c1NC(=O)c1cc(OCF)nn1-c1ncccc1Cl. The van der Waals surface area contributed by atoms with Gasteiger partial charge in [-0.3, -0.25) is 9.59 Å². The minimum absolute atomic E-state index is 0.0162. The van der Waals surface area contributed by atoms with E-state index in [0.29, 0.717) is 16.3 Å². The number of hydrogen-bond donors (Lipinski definition) is 1. The van der Waals surface area contributed by atoms with Crippen LogP contribution < -0.4 is 10.1 Å². The van der Waals surface area contributed by atoms with Crippen LogP contribution >= 0.6 is 23.2 Å². The second-order valence-electron chi connectivity index (χ2n) is 8.02. The molecule has 0 bridgehead atoms. The predicted molar refractivity (Wildman–Crippen MR) is 121 cm³/mol. The molecule has 2 heterocycles. The summed E-state index contributed by atoms with van der Waals surface area (Å²) in [6.45, 7) is 5.92. The molecule has 0 fully saturated rings. The first-order chi connectivity index (χ1) is 15.0. The number of aryl methyl sites for hydroxylation is 1. The van der Waals surface area contributed by atoms with Crippen molar-refractivity contribution < 1.29 is 18.7 Å². The number of ether oxygens (including phenoxy) is 1. The smallest absolute Gasteiger partial charge is 0.274 e. The Balaban J connectivity index is 2.09. The molecular formula is C22H21Cl2FN4O3. The molecule has 32 heavy (non-hydrogen) atoms. The van der Waals surface area contributed by atoms with Crippen molar-refractivity contribution in [2.75, 3.05) is 12.2 Å². The number of pyridine rings is 1. The van der Waals surface area contributed by atoms with Gasteiger partial charge in [0.15, 0.2) is 11.6 Å². The zero-order valence-electron chi connectivity index (χ0n) is 17.9. The number of halogens is 3. The molecule has 10 heteroatoms. The highest BCUT2D eigenvalue weighted by Gasteiger charge is 2.28. The first kappa shape index (κ1) is 23.7. The first-order valence-corrected chi connectivity index (χ1v) is 10.3. The van der Waals surface area contributed by atoms with Gasteiger partial charge in [-0.15, -0.1) is 5.10 Å². The minimum Gasteiger partial charge on any atom is -0.445 e. The summed E-state index contributed by atoms with van der Waals surface area (Å²) in [6, 6.07) is 7.61. The van der Waals surface area contributed by atoms with Gasteiger partial charge in [0.1, 0.15) is 5.69 Å². The van der Waals surface area contributed by atoms with Crippen LogP contribution in [0.1, 0.15) is 47.2 Å². The number of alkyl halides is 1. The van der Waals surface area contributed by atoms with E-state index < -0.39 is 18.2 Å². The fraction of sp³-hybridized carbons (Fsp3) is 0.273. The van der Waals surface area contributed by atoms with Gasteiger partial charge in [-0.25, -0.2) is 14.1 Å². The quantitative estimate of drug-likeness (QED) is 0.461. The highest BCUT2D eigenvalue weighted by atomic mass is 35.5. The average Bonchev–Trinajstić information content (AvgIpc) is 3.13. The Morgan fingerprint density at radius 3 is 2.56 bits per heavy atom. The molecule has 0 spiro atoms. The highest BCUT2D eigenvalue weighted by molar-refractivity contribution is 6.32. The largest absolute Gasteiger partial charge is 0.445 e. The second-order valence-corrected chi connectivity index (χ2v) is 8.86. The summed E-state index contributed by atoms with van der Waals surface area (Å²) in [5.41, 5.74) is 0.463. The first-order valence-electron chi connectivity index (χ1n) is 9.59. The molecular weight excluding hydrogens is 458 g/mol. The van der Waals surface area contributed by atoms with Crippen LogP contribution in [-0.2, 0) is 0 Å². The van der Waals surface area contributed by atoms with Crippen LogP contribution in [0.15, 0.2) is 36.5 Å². The number of anilines is 1. The molecule has 0 aliphatic carbocycles. The maximum atomic E-state index is 13.3. The second kappa shape index (κ2) is 9.26. The number of ketones is 1. The van der Waals surface area contributed by atoms with Crippen LogP contribution in [0.2, 0.25) is 10.0 Å². The van der Waals surface area contributed by atoms with Crippen LogP contribution in [0.4, 0.5) is 10.1 Å². The monoisotopic (exact) mass is 478 g/mol. The van der Waals surface area contributed by atoms with E-state index in [0.717, 1.165) is 4.68 Å². The van der Waals surface area contributed by atoms with Crippen molar-refractivity contribution in [1.29, 1.82) is 0 Å². The number of nitrogens with one attached hydrogen (secondary N) is 1. The van der Waals surface area contributed by atoms with Crippen molar-refractivity contribution in [2.24, 2.45) is 5.41 Å². The molecule has 0 radical (unpaired) electrons. The number of benzene rings is 1. The Kier molecular flexibility index (Phi) is 6.85. The van der Waals surface area contributed by atoms with E-state index in [9.17, 15) is 14.0 Å². The third-order valence-corrected chi connectivity index (χ3v) is 5.04. The average molecular weight is 479 g/mol. The lowest BCUT2D eigenvalue weighted by atomic mass is 9.85. The molecule has 0 unspecified atom stereocenters. The molecule has 0 saturated carbocycles. The molecule has 1 aromatic carbocycles. The van der Waals surface area contributed by atoms with E-state index in [-0.39, 0.29) is 33.8 Å². The summed E-state index contributed by atoms with van der Waals surface area (Å²) in [4.78, 5) is 30.4. The number of amides is 1. The number of carbonyl (C=O) groups is 2. The van der Waals surface area contributed by atoms with Crippen LogP contribution in [-0.4, -0.2) is 33.3 Å². The molecule has 1 N–H and O–H groups in total. The lowest BCUT2D eigenvalue weighted by Gasteiger charge is -2.21. The van der Waals surface area contributed by atoms with Gasteiger partial charge in [-0.2, -0.15) is 0 Å². The van der Waals surface area contributed by atoms with Crippen molar-refractivity contribution in [2.45, 2.75) is 27.7 Å². The zero-order valence-corrected chi connectivity index (χ0v) is 19.4. The normalized spacial score (nSPS) is 11.3. The van der Waals surface area contributed by atoms with Crippen molar-refractivity contribution >= 4 is 40.6 Å². The molecule has 3 aromatic rings. The van der Waals surface area contributed by atoms with Gasteiger partial charge in [0.2, 0.25) is 12.7 Å². The van der Waals surface area contributed by atoms with Gasteiger partial charge in [0, 0.05) is 28.3 Å². The van der Waals surface area contributed by atoms with Gasteiger partial charge >= 0.3 is 0 Å². The van der Waals surface area contributed by atoms with Crippen LogP contribution in [0.3, 0.4) is 0 Å². The van der Waals surface area contributed by atoms with E-state index in [1.54, 1.807) is 45.9 Å². The maximum Gasteiger partial charge on any atom is 0.274 e. The molecule has 0 saturated heterocycles. The van der Waals surface area contributed by atoms with E-state index in [1.807, 2.05) is 0 Å². The number of Topliss-reactive ketones (excluding diaryl/α,β-unsaturated/α-hetero) is 1. The Bertz CT molecular complexity index is 1190. The summed E-state index contributed by atoms with van der Waals surface area (Å²) in [7, 11) is 0. The molecule has 1 amide bonds. The van der Waals surface area contributed by atoms with Crippen molar-refractivity contribution in [3.63, 3.8) is 0 Å². The van der Waals surface area contributed by atoms with Crippen LogP contribution in [0, 0.1) is 12.3 Å². The van der Waals surface area contributed by atoms with Gasteiger partial charge in [-0.05, 0) is 36.8 Å². The molecule has 0 aliphatic rings. The van der Waals surface area contributed by atoms with Gasteiger partial charge in [0.25, 0.3) is 5.91 Å². The number of rotatable bonds is 6. The van der Waals surface area contributed by atoms with E-state index in [1.165, 1.54) is 18.3 Å². The van der Waals surface area contributed by atoms with E-state index in [4.69, 9.17) is 27.9 Å².